The zero-order chi connectivity index (χ0) is 26.4. The zero-order valence-corrected chi connectivity index (χ0v) is 21.1. The van der Waals surface area contributed by atoms with Crippen LogP contribution < -0.4 is 25.6 Å². The fourth-order valence-corrected chi connectivity index (χ4v) is 4.26. The van der Waals surface area contributed by atoms with Gasteiger partial charge in [-0.05, 0) is 67.4 Å². The predicted molar refractivity (Wildman–Crippen MR) is 142 cm³/mol. The molecule has 0 saturated carbocycles. The number of anilines is 3. The Hall–Kier alpha value is -4.47. The summed E-state index contributed by atoms with van der Waals surface area (Å²) < 4.78 is 10.5. The van der Waals surface area contributed by atoms with Crippen LogP contribution >= 0.6 is 0 Å². The number of esters is 1. The standard InChI is InChI=1S/C27H31N5O5/c1-4-21-23(26(34)37-5-2)22(16-29-17-8-12-20(36-3)13-9-17)31-24(21)25(33)30-18-6-10-19(11-7-18)32-15-14-28-27(32)35/h6-13,29,31H,4-5,14-16H2,1-3H3,(H,28,35)(H,30,33). The SMILES string of the molecule is CCOC(=O)c1c(CNc2ccc(OC)cc2)[nH]c(C(=O)Nc2ccc(N3CCNC3=O)cc2)c1CC. The van der Waals surface area contributed by atoms with E-state index in [4.69, 9.17) is 9.47 Å². The molecule has 10 heteroatoms. The van der Waals surface area contributed by atoms with E-state index in [1.165, 1.54) is 0 Å². The van der Waals surface area contributed by atoms with Gasteiger partial charge in [0.2, 0.25) is 0 Å². The molecule has 0 atom stereocenters. The highest BCUT2D eigenvalue weighted by atomic mass is 16.5. The van der Waals surface area contributed by atoms with Crippen LogP contribution in [-0.4, -0.2) is 49.7 Å². The van der Waals surface area contributed by atoms with Crippen molar-refractivity contribution in [2.45, 2.75) is 26.8 Å². The highest BCUT2D eigenvalue weighted by Crippen LogP contribution is 2.25. The van der Waals surface area contributed by atoms with Crippen LogP contribution in [-0.2, 0) is 17.7 Å². The minimum Gasteiger partial charge on any atom is -0.497 e. The van der Waals surface area contributed by atoms with E-state index >= 15 is 0 Å². The van der Waals surface area contributed by atoms with E-state index in [-0.39, 0.29) is 25.1 Å². The van der Waals surface area contributed by atoms with Crippen LogP contribution in [0.5, 0.6) is 5.75 Å². The van der Waals surface area contributed by atoms with Crippen LogP contribution in [0.15, 0.2) is 48.5 Å². The van der Waals surface area contributed by atoms with Crippen molar-refractivity contribution < 1.29 is 23.9 Å². The van der Waals surface area contributed by atoms with E-state index in [0.29, 0.717) is 47.7 Å². The smallest absolute Gasteiger partial charge is 0.340 e. The molecule has 3 amide bonds. The summed E-state index contributed by atoms with van der Waals surface area (Å²) >= 11 is 0. The van der Waals surface area contributed by atoms with Gasteiger partial charge in [-0.2, -0.15) is 0 Å². The van der Waals surface area contributed by atoms with Crippen LogP contribution in [0.25, 0.3) is 0 Å². The molecule has 4 N–H and O–H groups in total. The molecule has 0 radical (unpaired) electrons. The van der Waals surface area contributed by atoms with Crippen LogP contribution in [0.3, 0.4) is 0 Å². The van der Waals surface area contributed by atoms with Crippen molar-refractivity contribution in [3.8, 4) is 5.75 Å². The molecule has 2 aromatic carbocycles. The fraction of sp³-hybridized carbons (Fsp3) is 0.296. The van der Waals surface area contributed by atoms with E-state index in [0.717, 1.165) is 17.1 Å². The molecule has 194 valence electrons. The molecule has 1 aliphatic heterocycles. The van der Waals surface area contributed by atoms with Crippen molar-refractivity contribution in [1.82, 2.24) is 10.3 Å². The number of carbonyl (C=O) groups is 3. The number of urea groups is 1. The number of benzene rings is 2. The third-order valence-electron chi connectivity index (χ3n) is 6.09. The Morgan fingerprint density at radius 1 is 1.03 bits per heavy atom. The highest BCUT2D eigenvalue weighted by molar-refractivity contribution is 6.07. The van der Waals surface area contributed by atoms with Crippen molar-refractivity contribution >= 4 is 35.0 Å². The normalized spacial score (nSPS) is 12.7. The fourth-order valence-electron chi connectivity index (χ4n) is 4.26. The molecule has 1 fully saturated rings. The summed E-state index contributed by atoms with van der Waals surface area (Å²) in [4.78, 5) is 42.8. The number of carbonyl (C=O) groups excluding carboxylic acids is 3. The number of methoxy groups -OCH3 is 1. The first-order valence-electron chi connectivity index (χ1n) is 12.2. The number of H-pyrrole nitrogens is 1. The van der Waals surface area contributed by atoms with Gasteiger partial charge in [0.25, 0.3) is 5.91 Å². The second-order valence-electron chi connectivity index (χ2n) is 8.37. The largest absolute Gasteiger partial charge is 0.497 e. The summed E-state index contributed by atoms with van der Waals surface area (Å²) in [5.74, 6) is -0.110. The molecule has 2 heterocycles. The molecule has 37 heavy (non-hydrogen) atoms. The molecule has 0 spiro atoms. The molecular formula is C27H31N5O5. The lowest BCUT2D eigenvalue weighted by atomic mass is 10.1. The number of aromatic amines is 1. The molecule has 0 unspecified atom stereocenters. The van der Waals surface area contributed by atoms with Crippen LogP contribution in [0, 0.1) is 0 Å². The van der Waals surface area contributed by atoms with Crippen molar-refractivity contribution in [2.24, 2.45) is 0 Å². The van der Waals surface area contributed by atoms with Gasteiger partial charge in [0, 0.05) is 35.8 Å². The minimum absolute atomic E-state index is 0.141. The third kappa shape index (κ3) is 5.69. The first-order chi connectivity index (χ1) is 17.9. The second kappa shape index (κ2) is 11.5. The Morgan fingerprint density at radius 3 is 2.32 bits per heavy atom. The van der Waals surface area contributed by atoms with Gasteiger partial charge < -0.3 is 30.4 Å². The van der Waals surface area contributed by atoms with Gasteiger partial charge in [0.15, 0.2) is 0 Å². The summed E-state index contributed by atoms with van der Waals surface area (Å²) in [6.45, 7) is 5.34. The molecule has 3 aromatic rings. The van der Waals surface area contributed by atoms with Gasteiger partial charge in [0.05, 0.1) is 25.8 Å². The number of rotatable bonds is 10. The topological polar surface area (TPSA) is 125 Å². The average molecular weight is 506 g/mol. The van der Waals surface area contributed by atoms with Gasteiger partial charge in [-0.3, -0.25) is 9.69 Å². The van der Waals surface area contributed by atoms with E-state index < -0.39 is 5.97 Å². The van der Waals surface area contributed by atoms with E-state index in [1.807, 2.05) is 31.2 Å². The lowest BCUT2D eigenvalue weighted by Crippen LogP contribution is -2.27. The van der Waals surface area contributed by atoms with Gasteiger partial charge in [-0.25, -0.2) is 9.59 Å². The number of nitrogens with zero attached hydrogens (tertiary/aromatic N) is 1. The second-order valence-corrected chi connectivity index (χ2v) is 8.37. The van der Waals surface area contributed by atoms with Crippen LogP contribution in [0.1, 0.15) is 46.0 Å². The summed E-state index contributed by atoms with van der Waals surface area (Å²) in [6, 6.07) is 14.3. The Bertz CT molecular complexity index is 1270. The summed E-state index contributed by atoms with van der Waals surface area (Å²) in [6.07, 6.45) is 0.457. The Labute approximate surface area is 215 Å². The third-order valence-corrected chi connectivity index (χ3v) is 6.09. The number of ether oxygens (including phenoxy) is 2. The van der Waals surface area contributed by atoms with Crippen LogP contribution in [0.4, 0.5) is 21.9 Å². The number of hydrogen-bond donors (Lipinski definition) is 4. The molecule has 1 aromatic heterocycles. The first kappa shape index (κ1) is 25.6. The van der Waals surface area contributed by atoms with E-state index in [2.05, 4.69) is 20.9 Å². The average Bonchev–Trinajstić information content (AvgIpc) is 3.51. The Balaban J connectivity index is 1.56. The molecule has 0 bridgehead atoms. The molecule has 4 rings (SSSR count). The predicted octanol–water partition coefficient (Wildman–Crippen LogP) is 4.16. The van der Waals surface area contributed by atoms with Crippen molar-refractivity contribution in [3.05, 3.63) is 71.0 Å². The minimum atomic E-state index is -0.477. The number of amides is 3. The molecular weight excluding hydrogens is 474 g/mol. The lowest BCUT2D eigenvalue weighted by molar-refractivity contribution is 0.0524. The van der Waals surface area contributed by atoms with Crippen LogP contribution in [0.2, 0.25) is 0 Å². The maximum absolute atomic E-state index is 13.3. The Kier molecular flexibility index (Phi) is 7.97. The first-order valence-corrected chi connectivity index (χ1v) is 12.2. The van der Waals surface area contributed by atoms with Crippen molar-refractivity contribution in [1.29, 1.82) is 0 Å². The van der Waals surface area contributed by atoms with E-state index in [1.54, 1.807) is 43.2 Å². The maximum Gasteiger partial charge on any atom is 0.340 e. The van der Waals surface area contributed by atoms with E-state index in [9.17, 15) is 14.4 Å². The van der Waals surface area contributed by atoms with Crippen molar-refractivity contribution in [3.63, 3.8) is 0 Å². The maximum atomic E-state index is 13.3. The lowest BCUT2D eigenvalue weighted by Gasteiger charge is -2.14. The number of hydrogen-bond acceptors (Lipinski definition) is 6. The van der Waals surface area contributed by atoms with Gasteiger partial charge in [-0.1, -0.05) is 6.92 Å². The highest BCUT2D eigenvalue weighted by Gasteiger charge is 2.27. The summed E-state index contributed by atoms with van der Waals surface area (Å²) in [5.41, 5.74) is 3.98. The molecule has 0 aliphatic carbocycles. The molecule has 10 nitrogen and oxygen atoms in total. The number of aromatic nitrogens is 1. The molecule has 1 aliphatic rings. The van der Waals surface area contributed by atoms with Gasteiger partial charge in [-0.15, -0.1) is 0 Å². The van der Waals surface area contributed by atoms with Crippen molar-refractivity contribution in [2.75, 3.05) is 42.3 Å². The molecule has 1 saturated heterocycles. The summed E-state index contributed by atoms with van der Waals surface area (Å²) in [7, 11) is 1.60. The van der Waals surface area contributed by atoms with Gasteiger partial charge >= 0.3 is 12.0 Å². The monoisotopic (exact) mass is 505 g/mol. The quantitative estimate of drug-likeness (QED) is 0.307. The number of nitrogens with one attached hydrogen (secondary N) is 4. The Morgan fingerprint density at radius 2 is 1.73 bits per heavy atom. The van der Waals surface area contributed by atoms with Gasteiger partial charge in [0.1, 0.15) is 11.4 Å². The summed E-state index contributed by atoms with van der Waals surface area (Å²) in [5, 5.41) is 8.93. The zero-order valence-electron chi connectivity index (χ0n) is 21.1.